The van der Waals surface area contributed by atoms with Crippen molar-refractivity contribution in [1.29, 1.82) is 0 Å². The molecule has 0 bridgehead atoms. The molecule has 2 heterocycles. The van der Waals surface area contributed by atoms with Gasteiger partial charge in [-0.05, 0) is 31.0 Å². The summed E-state index contributed by atoms with van der Waals surface area (Å²) in [6.45, 7) is 4.54. The van der Waals surface area contributed by atoms with Crippen LogP contribution in [0.5, 0.6) is 0 Å². The molecule has 138 valence electrons. The van der Waals surface area contributed by atoms with Gasteiger partial charge in [0.15, 0.2) is 6.29 Å². The van der Waals surface area contributed by atoms with Gasteiger partial charge in [-0.2, -0.15) is 0 Å². The number of ether oxygens (including phenoxy) is 2. The fraction of sp³-hybridized carbons (Fsp3) is 0.588. The first kappa shape index (κ1) is 18.3. The van der Waals surface area contributed by atoms with Crippen molar-refractivity contribution in [1.82, 2.24) is 9.62 Å². The summed E-state index contributed by atoms with van der Waals surface area (Å²) in [6.07, 6.45) is 1.50. The van der Waals surface area contributed by atoms with Crippen LogP contribution in [0.15, 0.2) is 29.2 Å². The van der Waals surface area contributed by atoms with E-state index in [0.717, 1.165) is 12.8 Å². The van der Waals surface area contributed by atoms with Crippen molar-refractivity contribution in [2.24, 2.45) is 5.92 Å². The molecule has 2 fully saturated rings. The molecule has 0 spiro atoms. The number of sulfonamides is 1. The van der Waals surface area contributed by atoms with Crippen molar-refractivity contribution < 1.29 is 22.7 Å². The largest absolute Gasteiger partial charge is 0.350 e. The quantitative estimate of drug-likeness (QED) is 0.844. The fourth-order valence-electron chi connectivity index (χ4n) is 3.28. The summed E-state index contributed by atoms with van der Waals surface area (Å²) in [6, 6.07) is 6.19. The lowest BCUT2D eigenvalue weighted by Crippen LogP contribution is -2.41. The lowest BCUT2D eigenvalue weighted by molar-refractivity contribution is -0.0956. The van der Waals surface area contributed by atoms with Crippen LogP contribution in [-0.4, -0.2) is 58.4 Å². The van der Waals surface area contributed by atoms with E-state index >= 15 is 0 Å². The van der Waals surface area contributed by atoms with E-state index in [1.54, 1.807) is 24.0 Å². The molecule has 1 N–H and O–H groups in total. The number of hydrogen-bond acceptors (Lipinski definition) is 5. The molecule has 2 aliphatic heterocycles. The molecule has 0 atom stereocenters. The van der Waals surface area contributed by atoms with E-state index in [0.29, 0.717) is 44.3 Å². The van der Waals surface area contributed by atoms with Gasteiger partial charge in [-0.25, -0.2) is 13.1 Å². The second kappa shape index (κ2) is 7.82. The van der Waals surface area contributed by atoms with Crippen LogP contribution in [0.25, 0.3) is 0 Å². The first-order valence-electron chi connectivity index (χ1n) is 8.63. The standard InChI is InChI=1S/C17H24N2O5S/c1-2-18-25(21,22)15-5-3-4-14(12-15)16(20)19-8-6-13(7-9-19)17-23-10-11-24-17/h3-5,12-13,17-18H,2,6-11H2,1H3. The Morgan fingerprint density at radius 2 is 1.92 bits per heavy atom. The smallest absolute Gasteiger partial charge is 0.253 e. The molecule has 0 radical (unpaired) electrons. The molecule has 0 saturated carbocycles. The van der Waals surface area contributed by atoms with Gasteiger partial charge in [-0.15, -0.1) is 0 Å². The number of piperidine rings is 1. The van der Waals surface area contributed by atoms with E-state index in [-0.39, 0.29) is 17.1 Å². The zero-order valence-electron chi connectivity index (χ0n) is 14.3. The number of amides is 1. The van der Waals surface area contributed by atoms with Gasteiger partial charge in [0.2, 0.25) is 10.0 Å². The molecule has 0 unspecified atom stereocenters. The fourth-order valence-corrected chi connectivity index (χ4v) is 4.36. The van der Waals surface area contributed by atoms with Crippen molar-refractivity contribution >= 4 is 15.9 Å². The number of carbonyl (C=O) groups is 1. The Labute approximate surface area is 148 Å². The van der Waals surface area contributed by atoms with Gasteiger partial charge in [0.25, 0.3) is 5.91 Å². The number of rotatable bonds is 5. The van der Waals surface area contributed by atoms with E-state index in [2.05, 4.69) is 4.72 Å². The van der Waals surface area contributed by atoms with Gasteiger partial charge in [0, 0.05) is 31.1 Å². The molecule has 2 saturated heterocycles. The predicted molar refractivity (Wildman–Crippen MR) is 91.6 cm³/mol. The maximum Gasteiger partial charge on any atom is 0.253 e. The van der Waals surface area contributed by atoms with Crippen LogP contribution >= 0.6 is 0 Å². The van der Waals surface area contributed by atoms with Gasteiger partial charge in [0.05, 0.1) is 18.1 Å². The van der Waals surface area contributed by atoms with Crippen LogP contribution in [0.4, 0.5) is 0 Å². The SMILES string of the molecule is CCNS(=O)(=O)c1cccc(C(=O)N2CCC(C3OCCO3)CC2)c1. The number of nitrogens with zero attached hydrogens (tertiary/aromatic N) is 1. The molecule has 25 heavy (non-hydrogen) atoms. The molecule has 0 aromatic heterocycles. The number of benzene rings is 1. The highest BCUT2D eigenvalue weighted by atomic mass is 32.2. The topological polar surface area (TPSA) is 84.9 Å². The molecular weight excluding hydrogens is 344 g/mol. The average molecular weight is 368 g/mol. The average Bonchev–Trinajstić information content (AvgIpc) is 3.16. The van der Waals surface area contributed by atoms with Crippen LogP contribution < -0.4 is 4.72 Å². The van der Waals surface area contributed by atoms with Crippen LogP contribution in [0.1, 0.15) is 30.1 Å². The van der Waals surface area contributed by atoms with E-state index in [4.69, 9.17) is 9.47 Å². The van der Waals surface area contributed by atoms with Gasteiger partial charge < -0.3 is 14.4 Å². The van der Waals surface area contributed by atoms with Crippen molar-refractivity contribution in [3.8, 4) is 0 Å². The first-order chi connectivity index (χ1) is 12.0. The number of likely N-dealkylation sites (tertiary alicyclic amines) is 1. The highest BCUT2D eigenvalue weighted by Crippen LogP contribution is 2.26. The number of carbonyl (C=O) groups excluding carboxylic acids is 1. The summed E-state index contributed by atoms with van der Waals surface area (Å²) in [5, 5.41) is 0. The summed E-state index contributed by atoms with van der Waals surface area (Å²) < 4.78 is 37.8. The Balaban J connectivity index is 1.65. The second-order valence-electron chi connectivity index (χ2n) is 6.27. The zero-order valence-corrected chi connectivity index (χ0v) is 15.1. The van der Waals surface area contributed by atoms with Crippen LogP contribution in [0, 0.1) is 5.92 Å². The van der Waals surface area contributed by atoms with Crippen molar-refractivity contribution in [2.45, 2.75) is 31.0 Å². The van der Waals surface area contributed by atoms with E-state index in [9.17, 15) is 13.2 Å². The van der Waals surface area contributed by atoms with Crippen LogP contribution in [0.3, 0.4) is 0 Å². The molecule has 1 aromatic rings. The van der Waals surface area contributed by atoms with Gasteiger partial charge in [-0.1, -0.05) is 13.0 Å². The lowest BCUT2D eigenvalue weighted by Gasteiger charge is -2.34. The third-order valence-corrected chi connectivity index (χ3v) is 6.13. The molecule has 1 aromatic carbocycles. The summed E-state index contributed by atoms with van der Waals surface area (Å²) in [4.78, 5) is 14.6. The van der Waals surface area contributed by atoms with E-state index in [1.165, 1.54) is 12.1 Å². The van der Waals surface area contributed by atoms with Crippen molar-refractivity contribution in [3.05, 3.63) is 29.8 Å². The molecule has 0 aliphatic carbocycles. The Bertz CT molecular complexity index is 708. The van der Waals surface area contributed by atoms with E-state index in [1.807, 2.05) is 0 Å². The minimum absolute atomic E-state index is 0.114. The zero-order chi connectivity index (χ0) is 17.9. The maximum atomic E-state index is 12.7. The summed E-state index contributed by atoms with van der Waals surface area (Å²) in [5.74, 6) is 0.173. The third kappa shape index (κ3) is 4.20. The minimum Gasteiger partial charge on any atom is -0.350 e. The summed E-state index contributed by atoms with van der Waals surface area (Å²) in [7, 11) is -3.57. The molecule has 3 rings (SSSR count). The summed E-state index contributed by atoms with van der Waals surface area (Å²) in [5.41, 5.74) is 0.394. The monoisotopic (exact) mass is 368 g/mol. The molecule has 1 amide bonds. The maximum absolute atomic E-state index is 12.7. The third-order valence-electron chi connectivity index (χ3n) is 4.58. The van der Waals surface area contributed by atoms with Gasteiger partial charge in [0.1, 0.15) is 0 Å². The van der Waals surface area contributed by atoms with Crippen LogP contribution in [0.2, 0.25) is 0 Å². The normalized spacial score (nSPS) is 20.1. The molecule has 7 nitrogen and oxygen atoms in total. The highest BCUT2D eigenvalue weighted by Gasteiger charge is 2.32. The van der Waals surface area contributed by atoms with Crippen LogP contribution in [-0.2, 0) is 19.5 Å². The first-order valence-corrected chi connectivity index (χ1v) is 10.1. The number of nitrogens with one attached hydrogen (secondary N) is 1. The molecular formula is C17H24N2O5S. The Morgan fingerprint density at radius 1 is 1.24 bits per heavy atom. The highest BCUT2D eigenvalue weighted by molar-refractivity contribution is 7.89. The number of hydrogen-bond donors (Lipinski definition) is 1. The Kier molecular flexibility index (Phi) is 5.73. The lowest BCUT2D eigenvalue weighted by atomic mass is 9.95. The van der Waals surface area contributed by atoms with Crippen molar-refractivity contribution in [3.63, 3.8) is 0 Å². The van der Waals surface area contributed by atoms with Crippen molar-refractivity contribution in [2.75, 3.05) is 32.8 Å². The molecule has 8 heteroatoms. The van der Waals surface area contributed by atoms with Gasteiger partial charge >= 0.3 is 0 Å². The summed E-state index contributed by atoms with van der Waals surface area (Å²) >= 11 is 0. The second-order valence-corrected chi connectivity index (χ2v) is 8.04. The van der Waals surface area contributed by atoms with Gasteiger partial charge in [-0.3, -0.25) is 4.79 Å². The molecule has 2 aliphatic rings. The Hall–Kier alpha value is -1.48. The minimum atomic E-state index is -3.57. The predicted octanol–water partition coefficient (Wildman–Crippen LogP) is 1.21. The van der Waals surface area contributed by atoms with E-state index < -0.39 is 10.0 Å². The Morgan fingerprint density at radius 3 is 2.56 bits per heavy atom.